The number of nitrogens with zero attached hydrogens (tertiary/aromatic N) is 1. The van der Waals surface area contributed by atoms with Gasteiger partial charge < -0.3 is 10.1 Å². The van der Waals surface area contributed by atoms with E-state index in [9.17, 15) is 4.79 Å². The fourth-order valence-electron chi connectivity index (χ4n) is 1.52. The van der Waals surface area contributed by atoms with Crippen molar-refractivity contribution in [3.8, 4) is 5.75 Å². The third-order valence-electron chi connectivity index (χ3n) is 2.39. The van der Waals surface area contributed by atoms with Gasteiger partial charge in [-0.1, -0.05) is 23.9 Å². The van der Waals surface area contributed by atoms with Gasteiger partial charge in [-0.25, -0.2) is 4.79 Å². The van der Waals surface area contributed by atoms with Crippen LogP contribution in [0, 0.1) is 0 Å². The van der Waals surface area contributed by atoms with E-state index in [1.165, 1.54) is 0 Å². The highest BCUT2D eigenvalue weighted by atomic mass is 32.2. The number of hydrogen-bond donors (Lipinski definition) is 2. The molecule has 2 N–H and O–H groups in total. The number of carbonyl (C=O) groups excluding carboxylic acids is 1. The van der Waals surface area contributed by atoms with E-state index in [1.54, 1.807) is 18.9 Å². The molecule has 0 unspecified atom stereocenters. The number of benzene rings is 1. The lowest BCUT2D eigenvalue weighted by Crippen LogP contribution is -2.37. The maximum atomic E-state index is 11.6. The molecular formula is C12H15N3O2S. The van der Waals surface area contributed by atoms with E-state index in [1.807, 2.05) is 24.3 Å². The summed E-state index contributed by atoms with van der Waals surface area (Å²) in [6.07, 6.45) is 0. The molecule has 0 spiro atoms. The second-order valence-corrected chi connectivity index (χ2v) is 4.78. The second kappa shape index (κ2) is 6.30. The highest BCUT2D eigenvalue weighted by molar-refractivity contribution is 8.14. The molecule has 0 atom stereocenters. The number of urea groups is 1. The predicted octanol–water partition coefficient (Wildman–Crippen LogP) is 1.60. The third-order valence-corrected chi connectivity index (χ3v) is 3.28. The minimum atomic E-state index is -0.231. The molecule has 2 rings (SSSR count). The number of aliphatic imine (C=N–C) groups is 1. The number of nitrogens with one attached hydrogen (secondary N) is 2. The summed E-state index contributed by atoms with van der Waals surface area (Å²) in [5.74, 6) is 1.72. The Morgan fingerprint density at radius 2 is 2.44 bits per heavy atom. The molecule has 0 aliphatic carbocycles. The normalized spacial score (nSPS) is 13.9. The summed E-state index contributed by atoms with van der Waals surface area (Å²) < 4.78 is 5.12. The van der Waals surface area contributed by atoms with E-state index in [0.29, 0.717) is 11.7 Å². The number of hydrogen-bond acceptors (Lipinski definition) is 4. The molecule has 1 heterocycles. The minimum absolute atomic E-state index is 0.231. The molecule has 0 saturated carbocycles. The summed E-state index contributed by atoms with van der Waals surface area (Å²) in [5, 5.41) is 6.18. The summed E-state index contributed by atoms with van der Waals surface area (Å²) in [6.45, 7) is 1.23. The molecule has 2 amide bonds. The van der Waals surface area contributed by atoms with E-state index in [2.05, 4.69) is 15.6 Å². The predicted molar refractivity (Wildman–Crippen MR) is 73.1 cm³/mol. The fraction of sp³-hybridized carbons (Fsp3) is 0.333. The van der Waals surface area contributed by atoms with E-state index in [4.69, 9.17) is 4.74 Å². The van der Waals surface area contributed by atoms with E-state index >= 15 is 0 Å². The maximum absolute atomic E-state index is 11.6. The van der Waals surface area contributed by atoms with Crippen molar-refractivity contribution in [2.45, 2.75) is 6.54 Å². The van der Waals surface area contributed by atoms with E-state index in [0.717, 1.165) is 23.6 Å². The van der Waals surface area contributed by atoms with Crippen molar-refractivity contribution in [2.75, 3.05) is 19.4 Å². The molecule has 1 aromatic rings. The molecule has 0 fully saturated rings. The zero-order valence-electron chi connectivity index (χ0n) is 10.1. The number of rotatable bonds is 3. The van der Waals surface area contributed by atoms with Crippen molar-refractivity contribution >= 4 is 23.0 Å². The van der Waals surface area contributed by atoms with Gasteiger partial charge in [0.15, 0.2) is 5.17 Å². The van der Waals surface area contributed by atoms with Gasteiger partial charge >= 0.3 is 6.03 Å². The Morgan fingerprint density at radius 1 is 1.56 bits per heavy atom. The largest absolute Gasteiger partial charge is 0.497 e. The van der Waals surface area contributed by atoms with Gasteiger partial charge in [-0.2, -0.15) is 0 Å². The van der Waals surface area contributed by atoms with Gasteiger partial charge in [-0.15, -0.1) is 0 Å². The molecule has 0 aromatic heterocycles. The summed E-state index contributed by atoms with van der Waals surface area (Å²) in [7, 11) is 1.62. The van der Waals surface area contributed by atoms with Crippen LogP contribution in [0.4, 0.5) is 4.79 Å². The number of amidine groups is 1. The van der Waals surface area contributed by atoms with Gasteiger partial charge in [0.25, 0.3) is 0 Å². The topological polar surface area (TPSA) is 62.7 Å². The minimum Gasteiger partial charge on any atom is -0.497 e. The van der Waals surface area contributed by atoms with Crippen LogP contribution in [0.1, 0.15) is 5.56 Å². The Balaban J connectivity index is 1.81. The van der Waals surface area contributed by atoms with Crippen LogP contribution in [0.15, 0.2) is 29.3 Å². The summed E-state index contributed by atoms with van der Waals surface area (Å²) >= 11 is 1.56. The van der Waals surface area contributed by atoms with Crippen molar-refractivity contribution in [1.29, 1.82) is 0 Å². The average Bonchev–Trinajstić information content (AvgIpc) is 2.89. The SMILES string of the molecule is COc1cccc(CNC(=O)NC2=NCCS2)c1. The molecular weight excluding hydrogens is 250 g/mol. The number of amides is 2. The zero-order chi connectivity index (χ0) is 12.8. The smallest absolute Gasteiger partial charge is 0.321 e. The third kappa shape index (κ3) is 3.66. The first kappa shape index (κ1) is 12.8. The van der Waals surface area contributed by atoms with Gasteiger partial charge in [0.2, 0.25) is 0 Å². The molecule has 1 aliphatic heterocycles. The molecule has 0 saturated heterocycles. The first-order valence-corrected chi connectivity index (χ1v) is 6.61. The van der Waals surface area contributed by atoms with E-state index in [-0.39, 0.29) is 6.03 Å². The van der Waals surface area contributed by atoms with Gasteiger partial charge in [0.05, 0.1) is 13.7 Å². The lowest BCUT2D eigenvalue weighted by molar-refractivity contribution is 0.245. The monoisotopic (exact) mass is 265 g/mol. The van der Waals surface area contributed by atoms with Gasteiger partial charge in [-0.3, -0.25) is 10.3 Å². The maximum Gasteiger partial charge on any atom is 0.321 e. The zero-order valence-corrected chi connectivity index (χ0v) is 10.9. The Bertz CT molecular complexity index is 462. The molecule has 0 bridgehead atoms. The highest BCUT2D eigenvalue weighted by Crippen LogP contribution is 2.12. The molecule has 96 valence electrons. The lowest BCUT2D eigenvalue weighted by atomic mass is 10.2. The molecule has 1 aliphatic rings. The van der Waals surface area contributed by atoms with Crippen LogP contribution in [-0.4, -0.2) is 30.6 Å². The Labute approximate surface area is 110 Å². The molecule has 6 heteroatoms. The summed E-state index contributed by atoms with van der Waals surface area (Å²) in [4.78, 5) is 15.7. The Kier molecular flexibility index (Phi) is 4.46. The molecule has 18 heavy (non-hydrogen) atoms. The van der Waals surface area contributed by atoms with Crippen molar-refractivity contribution < 1.29 is 9.53 Å². The van der Waals surface area contributed by atoms with Gasteiger partial charge in [0.1, 0.15) is 5.75 Å². The van der Waals surface area contributed by atoms with Crippen LogP contribution in [0.5, 0.6) is 5.75 Å². The molecule has 1 aromatic carbocycles. The molecule has 5 nitrogen and oxygen atoms in total. The molecule has 0 radical (unpaired) electrons. The number of thioether (sulfide) groups is 1. The number of methoxy groups -OCH3 is 1. The van der Waals surface area contributed by atoms with Crippen LogP contribution in [-0.2, 0) is 6.54 Å². The van der Waals surface area contributed by atoms with E-state index < -0.39 is 0 Å². The first-order chi connectivity index (χ1) is 8.78. The van der Waals surface area contributed by atoms with Crippen LogP contribution in [0.3, 0.4) is 0 Å². The lowest BCUT2D eigenvalue weighted by Gasteiger charge is -2.07. The Hall–Kier alpha value is -1.69. The first-order valence-electron chi connectivity index (χ1n) is 5.63. The van der Waals surface area contributed by atoms with Crippen LogP contribution in [0.2, 0.25) is 0 Å². The summed E-state index contributed by atoms with van der Waals surface area (Å²) in [5.41, 5.74) is 0.991. The Morgan fingerprint density at radius 3 is 3.17 bits per heavy atom. The van der Waals surface area contributed by atoms with Crippen LogP contribution < -0.4 is 15.4 Å². The van der Waals surface area contributed by atoms with Gasteiger partial charge in [-0.05, 0) is 17.7 Å². The number of ether oxygens (including phenoxy) is 1. The van der Waals surface area contributed by atoms with Crippen molar-refractivity contribution in [2.24, 2.45) is 4.99 Å². The standard InChI is InChI=1S/C12H15N3O2S/c1-17-10-4-2-3-9(7-10)8-14-11(16)15-12-13-5-6-18-12/h2-4,7H,5-6,8H2,1H3,(H2,13,14,15,16). The van der Waals surface area contributed by atoms with Crippen molar-refractivity contribution in [1.82, 2.24) is 10.6 Å². The van der Waals surface area contributed by atoms with Crippen LogP contribution in [0.25, 0.3) is 0 Å². The second-order valence-electron chi connectivity index (χ2n) is 3.69. The number of carbonyl (C=O) groups is 1. The highest BCUT2D eigenvalue weighted by Gasteiger charge is 2.10. The fourth-order valence-corrected chi connectivity index (χ4v) is 2.24. The van der Waals surface area contributed by atoms with Crippen molar-refractivity contribution in [3.63, 3.8) is 0 Å². The quantitative estimate of drug-likeness (QED) is 0.872. The average molecular weight is 265 g/mol. The summed E-state index contributed by atoms with van der Waals surface area (Å²) in [6, 6.07) is 7.36. The van der Waals surface area contributed by atoms with Crippen LogP contribution >= 0.6 is 11.8 Å². The van der Waals surface area contributed by atoms with Gasteiger partial charge in [0, 0.05) is 12.3 Å². The van der Waals surface area contributed by atoms with Crippen molar-refractivity contribution in [3.05, 3.63) is 29.8 Å².